The van der Waals surface area contributed by atoms with Crippen LogP contribution in [-0.4, -0.2) is 4.98 Å². The molecule has 21 heavy (non-hydrogen) atoms. The van der Waals surface area contributed by atoms with Crippen molar-refractivity contribution in [1.29, 1.82) is 0 Å². The van der Waals surface area contributed by atoms with Crippen molar-refractivity contribution in [3.05, 3.63) is 63.6 Å². The molecule has 0 bridgehead atoms. The highest BCUT2D eigenvalue weighted by Gasteiger charge is 2.14. The van der Waals surface area contributed by atoms with E-state index < -0.39 is 0 Å². The average molecular weight is 361 g/mol. The fraction of sp³-hybridized carbons (Fsp3) is 0.235. The van der Waals surface area contributed by atoms with E-state index in [4.69, 9.17) is 0 Å². The first-order chi connectivity index (χ1) is 10.1. The molecule has 3 rings (SSSR count). The highest BCUT2D eigenvalue weighted by Crippen LogP contribution is 2.27. The highest BCUT2D eigenvalue weighted by atomic mass is 79.9. The second-order valence-electron chi connectivity index (χ2n) is 5.20. The molecule has 0 radical (unpaired) electrons. The summed E-state index contributed by atoms with van der Waals surface area (Å²) in [6.07, 6.45) is 1.97. The van der Waals surface area contributed by atoms with Gasteiger partial charge in [-0.3, -0.25) is 4.98 Å². The summed E-state index contributed by atoms with van der Waals surface area (Å²) in [5, 5.41) is 5.73. The van der Waals surface area contributed by atoms with Crippen LogP contribution in [0.1, 0.15) is 37.1 Å². The lowest BCUT2D eigenvalue weighted by atomic mass is 10.1. The van der Waals surface area contributed by atoms with E-state index in [1.54, 1.807) is 11.3 Å². The Hall–Kier alpha value is -1.23. The Bertz CT molecular complexity index is 753. The van der Waals surface area contributed by atoms with Crippen molar-refractivity contribution in [2.45, 2.75) is 25.9 Å². The summed E-state index contributed by atoms with van der Waals surface area (Å²) in [4.78, 5) is 4.52. The number of thiophene rings is 1. The molecule has 1 N–H and O–H groups in total. The van der Waals surface area contributed by atoms with Crippen molar-refractivity contribution in [2.24, 2.45) is 0 Å². The number of nitrogens with one attached hydrogen (secondary N) is 1. The minimum absolute atomic E-state index is 0.256. The third kappa shape index (κ3) is 3.18. The minimum atomic E-state index is 0.256. The SMILES string of the molecule is CC(N[C@H](C)c1ccccc1Br)c1cnc2ccsc2c1. The zero-order valence-electron chi connectivity index (χ0n) is 12.0. The van der Waals surface area contributed by atoms with Crippen molar-refractivity contribution >= 4 is 37.5 Å². The van der Waals surface area contributed by atoms with E-state index in [0.29, 0.717) is 0 Å². The number of halogens is 1. The lowest BCUT2D eigenvalue weighted by Crippen LogP contribution is -2.22. The van der Waals surface area contributed by atoms with E-state index in [9.17, 15) is 0 Å². The van der Waals surface area contributed by atoms with Gasteiger partial charge in [-0.15, -0.1) is 11.3 Å². The summed E-state index contributed by atoms with van der Waals surface area (Å²) in [7, 11) is 0. The van der Waals surface area contributed by atoms with Gasteiger partial charge in [0.15, 0.2) is 0 Å². The number of hydrogen-bond acceptors (Lipinski definition) is 3. The first-order valence-corrected chi connectivity index (χ1v) is 8.66. The Morgan fingerprint density at radius 3 is 2.76 bits per heavy atom. The highest BCUT2D eigenvalue weighted by molar-refractivity contribution is 9.10. The van der Waals surface area contributed by atoms with Crippen LogP contribution in [0.25, 0.3) is 10.2 Å². The van der Waals surface area contributed by atoms with Gasteiger partial charge in [0.25, 0.3) is 0 Å². The van der Waals surface area contributed by atoms with Crippen molar-refractivity contribution in [3.8, 4) is 0 Å². The molecule has 0 amide bonds. The molecule has 0 spiro atoms. The van der Waals surface area contributed by atoms with Crippen LogP contribution in [0.5, 0.6) is 0 Å². The molecule has 3 aromatic rings. The predicted octanol–water partition coefficient (Wildman–Crippen LogP) is 5.47. The van der Waals surface area contributed by atoms with Crippen molar-refractivity contribution in [1.82, 2.24) is 10.3 Å². The summed E-state index contributed by atoms with van der Waals surface area (Å²) >= 11 is 5.36. The first-order valence-electron chi connectivity index (χ1n) is 6.99. The van der Waals surface area contributed by atoms with E-state index in [1.807, 2.05) is 12.3 Å². The van der Waals surface area contributed by atoms with E-state index >= 15 is 0 Å². The van der Waals surface area contributed by atoms with Crippen LogP contribution in [0.4, 0.5) is 0 Å². The van der Waals surface area contributed by atoms with Gasteiger partial charge in [-0.25, -0.2) is 0 Å². The van der Waals surface area contributed by atoms with Crippen LogP contribution >= 0.6 is 27.3 Å². The molecule has 2 aromatic heterocycles. The van der Waals surface area contributed by atoms with Gasteiger partial charge in [0, 0.05) is 22.8 Å². The lowest BCUT2D eigenvalue weighted by molar-refractivity contribution is 0.493. The monoisotopic (exact) mass is 360 g/mol. The van der Waals surface area contributed by atoms with Gasteiger partial charge < -0.3 is 5.32 Å². The molecule has 108 valence electrons. The van der Waals surface area contributed by atoms with Gasteiger partial charge >= 0.3 is 0 Å². The van der Waals surface area contributed by atoms with Gasteiger partial charge in [-0.1, -0.05) is 34.1 Å². The number of fused-ring (bicyclic) bond motifs is 1. The average Bonchev–Trinajstić information content (AvgIpc) is 2.94. The number of benzene rings is 1. The van der Waals surface area contributed by atoms with Crippen molar-refractivity contribution < 1.29 is 0 Å². The van der Waals surface area contributed by atoms with Gasteiger partial charge in [0.2, 0.25) is 0 Å². The van der Waals surface area contributed by atoms with Gasteiger partial charge in [0.05, 0.1) is 10.2 Å². The summed E-state index contributed by atoms with van der Waals surface area (Å²) in [5.41, 5.74) is 3.58. The smallest absolute Gasteiger partial charge is 0.0809 e. The van der Waals surface area contributed by atoms with Gasteiger partial charge in [-0.2, -0.15) is 0 Å². The first kappa shape index (κ1) is 14.7. The molecule has 1 aromatic carbocycles. The number of aromatic nitrogens is 1. The molecule has 0 saturated heterocycles. The molecule has 1 unspecified atom stereocenters. The number of nitrogens with zero attached hydrogens (tertiary/aromatic N) is 1. The topological polar surface area (TPSA) is 24.9 Å². The molecule has 2 heterocycles. The fourth-order valence-electron chi connectivity index (χ4n) is 2.49. The van der Waals surface area contributed by atoms with Crippen LogP contribution in [0.2, 0.25) is 0 Å². The van der Waals surface area contributed by atoms with Crippen LogP contribution in [0, 0.1) is 0 Å². The van der Waals surface area contributed by atoms with Crippen LogP contribution in [0.15, 0.2) is 52.4 Å². The molecule has 0 aliphatic carbocycles. The largest absolute Gasteiger partial charge is 0.304 e. The van der Waals surface area contributed by atoms with Crippen LogP contribution in [0.3, 0.4) is 0 Å². The minimum Gasteiger partial charge on any atom is -0.304 e. The molecule has 0 aliphatic heterocycles. The molecule has 0 aliphatic rings. The maximum Gasteiger partial charge on any atom is 0.0809 e. The molecular formula is C17H17BrN2S. The predicted molar refractivity (Wildman–Crippen MR) is 93.7 cm³/mol. The van der Waals surface area contributed by atoms with Crippen molar-refractivity contribution in [3.63, 3.8) is 0 Å². The maximum absolute atomic E-state index is 4.52. The zero-order chi connectivity index (χ0) is 14.8. The Balaban J connectivity index is 1.79. The molecule has 0 saturated carbocycles. The number of hydrogen-bond donors (Lipinski definition) is 1. The van der Waals surface area contributed by atoms with E-state index in [1.165, 1.54) is 15.8 Å². The molecule has 2 nitrogen and oxygen atoms in total. The standard InChI is InChI=1S/C17H17BrN2S/c1-11(13-9-17-16(19-10-13)7-8-21-17)20-12(2)14-5-3-4-6-15(14)18/h3-12,20H,1-2H3/t11?,12-/m1/s1. The van der Waals surface area contributed by atoms with E-state index in [2.05, 4.69) is 75.8 Å². The molecule has 4 heteroatoms. The van der Waals surface area contributed by atoms with Crippen LogP contribution < -0.4 is 5.32 Å². The quantitative estimate of drug-likeness (QED) is 0.666. The Kier molecular flexibility index (Phi) is 4.38. The Morgan fingerprint density at radius 2 is 1.95 bits per heavy atom. The summed E-state index contributed by atoms with van der Waals surface area (Å²) in [5.74, 6) is 0. The lowest BCUT2D eigenvalue weighted by Gasteiger charge is -2.21. The zero-order valence-corrected chi connectivity index (χ0v) is 14.4. The summed E-state index contributed by atoms with van der Waals surface area (Å²) in [6.45, 7) is 4.37. The summed E-state index contributed by atoms with van der Waals surface area (Å²) < 4.78 is 2.39. The molecule has 0 fully saturated rings. The Morgan fingerprint density at radius 1 is 1.14 bits per heavy atom. The van der Waals surface area contributed by atoms with E-state index in [-0.39, 0.29) is 12.1 Å². The summed E-state index contributed by atoms with van der Waals surface area (Å²) in [6, 6.07) is 13.2. The second kappa shape index (κ2) is 6.26. The molecule has 2 atom stereocenters. The third-order valence-corrected chi connectivity index (χ3v) is 5.27. The van der Waals surface area contributed by atoms with E-state index in [0.717, 1.165) is 9.99 Å². The van der Waals surface area contributed by atoms with Gasteiger partial charge in [-0.05, 0) is 48.6 Å². The number of rotatable bonds is 4. The normalized spacial score (nSPS) is 14.2. The fourth-order valence-corrected chi connectivity index (χ4v) is 3.90. The molecular weight excluding hydrogens is 344 g/mol. The van der Waals surface area contributed by atoms with Crippen LogP contribution in [-0.2, 0) is 0 Å². The Labute approximate surface area is 137 Å². The number of pyridine rings is 1. The van der Waals surface area contributed by atoms with Crippen molar-refractivity contribution in [2.75, 3.05) is 0 Å². The maximum atomic E-state index is 4.52. The third-order valence-electron chi connectivity index (χ3n) is 3.70. The van der Waals surface area contributed by atoms with Gasteiger partial charge in [0.1, 0.15) is 0 Å². The second-order valence-corrected chi connectivity index (χ2v) is 7.01.